The SMILES string of the molecule is C#Cc1cccc(NC(=O)NCC(CC)C(=O)O)c1. The first-order chi connectivity index (χ1) is 9.06. The van der Waals surface area contributed by atoms with E-state index in [-0.39, 0.29) is 6.54 Å². The Hall–Kier alpha value is -2.48. The molecule has 19 heavy (non-hydrogen) atoms. The molecular weight excluding hydrogens is 244 g/mol. The summed E-state index contributed by atoms with van der Waals surface area (Å²) in [5.74, 6) is 0.965. The standard InChI is InChI=1S/C14H16N2O3/c1-3-10-6-5-7-12(8-10)16-14(19)15-9-11(4-2)13(17)18/h1,5-8,11H,4,9H2,2H3,(H,17,18)(H2,15,16,19). The fourth-order valence-electron chi connectivity index (χ4n) is 1.48. The molecular formula is C14H16N2O3. The smallest absolute Gasteiger partial charge is 0.319 e. The Kier molecular flexibility index (Phi) is 5.42. The Morgan fingerprint density at radius 3 is 2.79 bits per heavy atom. The minimum absolute atomic E-state index is 0.0898. The minimum atomic E-state index is -0.919. The zero-order valence-corrected chi connectivity index (χ0v) is 10.6. The molecule has 1 aromatic rings. The van der Waals surface area contributed by atoms with Crippen molar-refractivity contribution in [2.45, 2.75) is 13.3 Å². The number of carbonyl (C=O) groups is 2. The average molecular weight is 260 g/mol. The largest absolute Gasteiger partial charge is 0.481 e. The van der Waals surface area contributed by atoms with Crippen LogP contribution in [0.3, 0.4) is 0 Å². The van der Waals surface area contributed by atoms with Gasteiger partial charge in [0, 0.05) is 17.8 Å². The number of nitrogens with one attached hydrogen (secondary N) is 2. The summed E-state index contributed by atoms with van der Waals surface area (Å²) in [7, 11) is 0. The van der Waals surface area contributed by atoms with Crippen LogP contribution in [0.1, 0.15) is 18.9 Å². The second-order valence-electron chi connectivity index (χ2n) is 4.00. The first kappa shape index (κ1) is 14.6. The predicted molar refractivity (Wildman–Crippen MR) is 72.8 cm³/mol. The van der Waals surface area contributed by atoms with Crippen molar-refractivity contribution >= 4 is 17.7 Å². The predicted octanol–water partition coefficient (Wildman–Crippen LogP) is 1.90. The molecule has 1 unspecified atom stereocenters. The van der Waals surface area contributed by atoms with E-state index in [0.29, 0.717) is 17.7 Å². The summed E-state index contributed by atoms with van der Waals surface area (Å²) < 4.78 is 0. The van der Waals surface area contributed by atoms with E-state index in [1.54, 1.807) is 31.2 Å². The van der Waals surface area contributed by atoms with E-state index in [9.17, 15) is 9.59 Å². The van der Waals surface area contributed by atoms with Crippen molar-refractivity contribution in [2.75, 3.05) is 11.9 Å². The van der Waals surface area contributed by atoms with Gasteiger partial charge in [0.25, 0.3) is 0 Å². The topological polar surface area (TPSA) is 78.4 Å². The summed E-state index contributed by atoms with van der Waals surface area (Å²) in [5.41, 5.74) is 1.23. The molecule has 5 heteroatoms. The maximum atomic E-state index is 11.6. The number of carboxylic acid groups (broad SMARTS) is 1. The first-order valence-electron chi connectivity index (χ1n) is 5.91. The molecule has 1 rings (SSSR count). The van der Waals surface area contributed by atoms with Crippen LogP contribution in [0.15, 0.2) is 24.3 Å². The van der Waals surface area contributed by atoms with Gasteiger partial charge in [0.1, 0.15) is 0 Å². The van der Waals surface area contributed by atoms with Gasteiger partial charge in [0.2, 0.25) is 0 Å². The maximum Gasteiger partial charge on any atom is 0.319 e. The van der Waals surface area contributed by atoms with Gasteiger partial charge in [0.15, 0.2) is 0 Å². The molecule has 0 fully saturated rings. The lowest BCUT2D eigenvalue weighted by atomic mass is 10.1. The first-order valence-corrected chi connectivity index (χ1v) is 5.91. The second kappa shape index (κ2) is 7.07. The Morgan fingerprint density at radius 1 is 1.47 bits per heavy atom. The van der Waals surface area contributed by atoms with Gasteiger partial charge in [-0.2, -0.15) is 0 Å². The Labute approximate surface area is 112 Å². The molecule has 100 valence electrons. The monoisotopic (exact) mass is 260 g/mol. The molecule has 0 heterocycles. The number of hydrogen-bond acceptors (Lipinski definition) is 2. The molecule has 0 spiro atoms. The van der Waals surface area contributed by atoms with E-state index in [1.165, 1.54) is 0 Å². The van der Waals surface area contributed by atoms with E-state index in [2.05, 4.69) is 16.6 Å². The lowest BCUT2D eigenvalue weighted by Gasteiger charge is -2.12. The third kappa shape index (κ3) is 4.72. The van der Waals surface area contributed by atoms with Gasteiger partial charge in [-0.3, -0.25) is 4.79 Å². The van der Waals surface area contributed by atoms with Gasteiger partial charge in [-0.25, -0.2) is 4.79 Å². The third-order valence-corrected chi connectivity index (χ3v) is 2.64. The molecule has 3 N–H and O–H groups in total. The van der Waals surface area contributed by atoms with Crippen LogP contribution in [0.4, 0.5) is 10.5 Å². The molecule has 0 aliphatic carbocycles. The number of benzene rings is 1. The average Bonchev–Trinajstić information content (AvgIpc) is 2.39. The van der Waals surface area contributed by atoms with Crippen molar-refractivity contribution in [1.29, 1.82) is 0 Å². The Bertz CT molecular complexity index is 506. The van der Waals surface area contributed by atoms with E-state index in [0.717, 1.165) is 0 Å². The van der Waals surface area contributed by atoms with Gasteiger partial charge in [0.05, 0.1) is 5.92 Å². The van der Waals surface area contributed by atoms with Crippen LogP contribution in [0, 0.1) is 18.3 Å². The number of amides is 2. The van der Waals surface area contributed by atoms with Gasteiger partial charge in [-0.15, -0.1) is 6.42 Å². The van der Waals surface area contributed by atoms with Crippen LogP contribution >= 0.6 is 0 Å². The maximum absolute atomic E-state index is 11.6. The number of rotatable bonds is 5. The summed E-state index contributed by atoms with van der Waals surface area (Å²) in [6.45, 7) is 1.85. The molecule has 0 aromatic heterocycles. The van der Waals surface area contributed by atoms with Crippen LogP contribution in [-0.4, -0.2) is 23.7 Å². The molecule has 0 saturated heterocycles. The number of hydrogen-bond donors (Lipinski definition) is 3. The van der Waals surface area contributed by atoms with Crippen molar-refractivity contribution in [3.05, 3.63) is 29.8 Å². The van der Waals surface area contributed by atoms with Crippen LogP contribution in [0.5, 0.6) is 0 Å². The number of carboxylic acids is 1. The molecule has 0 bridgehead atoms. The molecule has 0 aliphatic rings. The molecule has 0 aliphatic heterocycles. The lowest BCUT2D eigenvalue weighted by molar-refractivity contribution is -0.141. The number of anilines is 1. The summed E-state index contributed by atoms with van der Waals surface area (Å²) in [6.07, 6.45) is 5.72. The molecule has 2 amide bonds. The van der Waals surface area contributed by atoms with Crippen molar-refractivity contribution in [2.24, 2.45) is 5.92 Å². The molecule has 0 saturated carbocycles. The van der Waals surface area contributed by atoms with Gasteiger partial charge < -0.3 is 15.7 Å². The number of urea groups is 1. The number of terminal acetylenes is 1. The van der Waals surface area contributed by atoms with Crippen LogP contribution in [0.2, 0.25) is 0 Å². The quantitative estimate of drug-likeness (QED) is 0.707. The molecule has 0 radical (unpaired) electrons. The van der Waals surface area contributed by atoms with Crippen molar-refractivity contribution in [3.63, 3.8) is 0 Å². The highest BCUT2D eigenvalue weighted by Crippen LogP contribution is 2.09. The van der Waals surface area contributed by atoms with Crippen molar-refractivity contribution in [3.8, 4) is 12.3 Å². The highest BCUT2D eigenvalue weighted by Gasteiger charge is 2.15. The highest BCUT2D eigenvalue weighted by molar-refractivity contribution is 5.89. The van der Waals surface area contributed by atoms with E-state index >= 15 is 0 Å². The fourth-order valence-corrected chi connectivity index (χ4v) is 1.48. The fraction of sp³-hybridized carbons (Fsp3) is 0.286. The van der Waals surface area contributed by atoms with Gasteiger partial charge in [-0.1, -0.05) is 18.9 Å². The van der Waals surface area contributed by atoms with Crippen LogP contribution in [-0.2, 0) is 4.79 Å². The highest BCUT2D eigenvalue weighted by atomic mass is 16.4. The van der Waals surface area contributed by atoms with Crippen molar-refractivity contribution < 1.29 is 14.7 Å². The van der Waals surface area contributed by atoms with Crippen LogP contribution in [0.25, 0.3) is 0 Å². The molecule has 5 nitrogen and oxygen atoms in total. The van der Waals surface area contributed by atoms with Crippen molar-refractivity contribution in [1.82, 2.24) is 5.32 Å². The zero-order chi connectivity index (χ0) is 14.3. The summed E-state index contributed by atoms with van der Waals surface area (Å²) in [4.78, 5) is 22.4. The minimum Gasteiger partial charge on any atom is -0.481 e. The van der Waals surface area contributed by atoms with Crippen LogP contribution < -0.4 is 10.6 Å². The van der Waals surface area contributed by atoms with Gasteiger partial charge >= 0.3 is 12.0 Å². The Morgan fingerprint density at radius 2 is 2.21 bits per heavy atom. The zero-order valence-electron chi connectivity index (χ0n) is 10.6. The number of carbonyl (C=O) groups excluding carboxylic acids is 1. The summed E-state index contributed by atoms with van der Waals surface area (Å²) in [5, 5.41) is 14.0. The summed E-state index contributed by atoms with van der Waals surface area (Å²) in [6, 6.07) is 6.40. The number of aliphatic carboxylic acids is 1. The van der Waals surface area contributed by atoms with E-state index < -0.39 is 17.9 Å². The molecule has 1 aromatic carbocycles. The Balaban J connectivity index is 2.51. The van der Waals surface area contributed by atoms with E-state index in [4.69, 9.17) is 11.5 Å². The molecule has 1 atom stereocenters. The normalized spacial score (nSPS) is 11.2. The van der Waals surface area contributed by atoms with E-state index in [1.807, 2.05) is 0 Å². The summed E-state index contributed by atoms with van der Waals surface area (Å²) >= 11 is 0. The van der Waals surface area contributed by atoms with Gasteiger partial charge in [-0.05, 0) is 24.6 Å². The second-order valence-corrected chi connectivity index (χ2v) is 4.00. The lowest BCUT2D eigenvalue weighted by Crippen LogP contribution is -2.35. The third-order valence-electron chi connectivity index (χ3n) is 2.64.